The van der Waals surface area contributed by atoms with Crippen molar-refractivity contribution in [3.8, 4) is 0 Å². The monoisotopic (exact) mass is 551 g/mol. The molecule has 8 nitrogen and oxygen atoms in total. The van der Waals surface area contributed by atoms with Gasteiger partial charge in [0.2, 0.25) is 5.91 Å². The van der Waals surface area contributed by atoms with Crippen LogP contribution in [0.3, 0.4) is 0 Å². The summed E-state index contributed by atoms with van der Waals surface area (Å²) in [4.78, 5) is 53.5. The average Bonchev–Trinajstić information content (AvgIpc) is 3.44. The first-order valence-corrected chi connectivity index (χ1v) is 13.7. The molecule has 0 saturated carbocycles. The normalized spacial score (nSPS) is 16.1. The Labute approximate surface area is 234 Å². The lowest BCUT2D eigenvalue weighted by Gasteiger charge is -2.29. The van der Waals surface area contributed by atoms with Gasteiger partial charge >= 0.3 is 5.97 Å². The molecule has 1 aromatic heterocycles. The van der Waals surface area contributed by atoms with E-state index in [1.54, 1.807) is 29.2 Å². The molecule has 2 aliphatic heterocycles. The first kappa shape index (κ1) is 25.6. The number of imide groups is 1. The van der Waals surface area contributed by atoms with Gasteiger partial charge in [-0.05, 0) is 59.1 Å². The van der Waals surface area contributed by atoms with Crippen LogP contribution >= 0.6 is 11.8 Å². The number of para-hydroxylation sites is 1. The largest absolute Gasteiger partial charge is 0.478 e. The van der Waals surface area contributed by atoms with Crippen molar-refractivity contribution >= 4 is 51.8 Å². The summed E-state index contributed by atoms with van der Waals surface area (Å²) in [5.74, 6) is -1.72. The van der Waals surface area contributed by atoms with Crippen molar-refractivity contribution in [3.05, 3.63) is 112 Å². The summed E-state index contributed by atoms with van der Waals surface area (Å²) >= 11 is 0.834. The zero-order valence-electron chi connectivity index (χ0n) is 21.4. The van der Waals surface area contributed by atoms with Gasteiger partial charge in [-0.15, -0.1) is 0 Å². The van der Waals surface area contributed by atoms with E-state index >= 15 is 0 Å². The van der Waals surface area contributed by atoms with E-state index < -0.39 is 17.1 Å². The Hall–Kier alpha value is -4.63. The van der Waals surface area contributed by atoms with Crippen molar-refractivity contribution in [2.45, 2.75) is 19.5 Å². The van der Waals surface area contributed by atoms with Crippen molar-refractivity contribution in [2.75, 3.05) is 13.1 Å². The second kappa shape index (κ2) is 10.5. The molecule has 0 aliphatic carbocycles. The van der Waals surface area contributed by atoms with Gasteiger partial charge in [0.15, 0.2) is 0 Å². The fourth-order valence-corrected chi connectivity index (χ4v) is 6.07. The van der Waals surface area contributed by atoms with Crippen LogP contribution in [0.4, 0.5) is 4.79 Å². The highest BCUT2D eigenvalue weighted by Crippen LogP contribution is 2.34. The van der Waals surface area contributed by atoms with Crippen molar-refractivity contribution in [3.63, 3.8) is 0 Å². The summed E-state index contributed by atoms with van der Waals surface area (Å²) in [5.41, 5.74) is 5.01. The molecular formula is C31H25N3O5S. The maximum absolute atomic E-state index is 13.3. The molecule has 1 fully saturated rings. The lowest BCUT2D eigenvalue weighted by atomic mass is 10.00. The fourth-order valence-electron chi connectivity index (χ4n) is 5.24. The van der Waals surface area contributed by atoms with Crippen molar-refractivity contribution in [1.29, 1.82) is 0 Å². The number of carbonyl (C=O) groups is 4. The van der Waals surface area contributed by atoms with Gasteiger partial charge in [0, 0.05) is 42.3 Å². The Morgan fingerprint density at radius 1 is 0.950 bits per heavy atom. The molecule has 200 valence electrons. The minimum absolute atomic E-state index is 0.214. The van der Waals surface area contributed by atoms with Crippen LogP contribution in [0.15, 0.2) is 83.9 Å². The summed E-state index contributed by atoms with van der Waals surface area (Å²) in [6.45, 7) is 1.17. The number of rotatable bonds is 6. The van der Waals surface area contributed by atoms with Gasteiger partial charge in [0.05, 0.1) is 10.5 Å². The number of carboxylic acids is 1. The molecule has 3 amide bonds. The summed E-state index contributed by atoms with van der Waals surface area (Å²) in [7, 11) is 0. The van der Waals surface area contributed by atoms with Crippen LogP contribution in [-0.2, 0) is 29.1 Å². The molecule has 2 aliphatic rings. The Balaban J connectivity index is 1.22. The highest BCUT2D eigenvalue weighted by molar-refractivity contribution is 8.18. The molecule has 6 rings (SSSR count). The molecule has 40 heavy (non-hydrogen) atoms. The molecule has 4 aromatic rings. The molecule has 3 aromatic carbocycles. The number of thioether (sulfide) groups is 1. The molecule has 9 heteroatoms. The van der Waals surface area contributed by atoms with E-state index in [2.05, 4.69) is 6.07 Å². The SMILES string of the molecule is O=C(O)c1cccc(Cn2cc(/C=C3\SC(=O)N(CC(=O)N4CCc5ccccc5C4)C3=O)c3ccccc32)c1. The number of hydrogen-bond acceptors (Lipinski definition) is 5. The lowest BCUT2D eigenvalue weighted by molar-refractivity contribution is -0.136. The average molecular weight is 552 g/mol. The molecule has 0 bridgehead atoms. The molecule has 0 unspecified atom stereocenters. The van der Waals surface area contributed by atoms with Gasteiger partial charge in [-0.25, -0.2) is 4.79 Å². The topological polar surface area (TPSA) is 99.9 Å². The van der Waals surface area contributed by atoms with Crippen LogP contribution < -0.4 is 0 Å². The van der Waals surface area contributed by atoms with E-state index in [-0.39, 0.29) is 22.9 Å². The standard InChI is InChI=1S/C31H25N3O5S/c35-28(32-13-12-21-7-1-2-8-23(21)17-32)19-34-29(36)27(40-31(34)39)15-24-18-33(26-11-4-3-10-25(24)26)16-20-6-5-9-22(14-20)30(37)38/h1-11,14-15,18H,12-13,16-17,19H2,(H,37,38)/b27-15-. The maximum atomic E-state index is 13.3. The Morgan fingerprint density at radius 3 is 2.55 bits per heavy atom. The number of hydrogen-bond donors (Lipinski definition) is 1. The zero-order valence-corrected chi connectivity index (χ0v) is 22.3. The second-order valence-electron chi connectivity index (χ2n) is 9.84. The van der Waals surface area contributed by atoms with Crippen molar-refractivity contribution < 1.29 is 24.3 Å². The Morgan fingerprint density at radius 2 is 1.73 bits per heavy atom. The predicted molar refractivity (Wildman–Crippen MR) is 153 cm³/mol. The first-order valence-electron chi connectivity index (χ1n) is 12.9. The first-order chi connectivity index (χ1) is 19.4. The third-order valence-electron chi connectivity index (χ3n) is 7.28. The van der Waals surface area contributed by atoms with Crippen LogP contribution in [0, 0.1) is 0 Å². The van der Waals surface area contributed by atoms with Crippen LogP contribution in [0.5, 0.6) is 0 Å². The smallest absolute Gasteiger partial charge is 0.335 e. The highest BCUT2D eigenvalue weighted by atomic mass is 32.2. The Kier molecular flexibility index (Phi) is 6.73. The quantitative estimate of drug-likeness (QED) is 0.338. The summed E-state index contributed by atoms with van der Waals surface area (Å²) < 4.78 is 1.99. The van der Waals surface area contributed by atoms with Gasteiger partial charge in [-0.2, -0.15) is 0 Å². The number of aromatic carboxylic acids is 1. The lowest BCUT2D eigenvalue weighted by Crippen LogP contribution is -2.44. The second-order valence-corrected chi connectivity index (χ2v) is 10.8. The van der Waals surface area contributed by atoms with Crippen LogP contribution in [0.2, 0.25) is 0 Å². The number of fused-ring (bicyclic) bond motifs is 2. The van der Waals surface area contributed by atoms with Gasteiger partial charge in [-0.3, -0.25) is 19.3 Å². The zero-order chi connectivity index (χ0) is 27.8. The number of nitrogens with zero attached hydrogens (tertiary/aromatic N) is 3. The summed E-state index contributed by atoms with van der Waals surface area (Å²) in [5, 5.41) is 9.78. The predicted octanol–water partition coefficient (Wildman–Crippen LogP) is 5.01. The molecule has 0 spiro atoms. The van der Waals surface area contributed by atoms with E-state index in [9.17, 15) is 24.3 Å². The van der Waals surface area contributed by atoms with Crippen molar-refractivity contribution in [2.24, 2.45) is 0 Å². The molecule has 1 saturated heterocycles. The molecule has 3 heterocycles. The number of carbonyl (C=O) groups excluding carboxylic acids is 3. The van der Waals surface area contributed by atoms with Gasteiger partial charge in [0.1, 0.15) is 6.54 Å². The van der Waals surface area contributed by atoms with Gasteiger partial charge < -0.3 is 14.6 Å². The third-order valence-corrected chi connectivity index (χ3v) is 8.19. The number of carboxylic acid groups (broad SMARTS) is 1. The van der Waals surface area contributed by atoms with E-state index in [0.29, 0.717) is 19.6 Å². The number of amides is 3. The van der Waals surface area contributed by atoms with Crippen molar-refractivity contribution in [1.82, 2.24) is 14.4 Å². The molecule has 0 atom stereocenters. The van der Waals surface area contributed by atoms with E-state index in [0.717, 1.165) is 50.7 Å². The van der Waals surface area contributed by atoms with Crippen LogP contribution in [-0.4, -0.2) is 55.6 Å². The minimum atomic E-state index is -0.987. The third kappa shape index (κ3) is 4.91. The highest BCUT2D eigenvalue weighted by Gasteiger charge is 2.37. The molecule has 0 radical (unpaired) electrons. The van der Waals surface area contributed by atoms with Crippen LogP contribution in [0.1, 0.15) is 32.6 Å². The van der Waals surface area contributed by atoms with E-state index in [1.165, 1.54) is 5.56 Å². The van der Waals surface area contributed by atoms with Gasteiger partial charge in [0.25, 0.3) is 11.1 Å². The maximum Gasteiger partial charge on any atom is 0.335 e. The molecular weight excluding hydrogens is 526 g/mol. The summed E-state index contributed by atoms with van der Waals surface area (Å²) in [6, 6.07) is 22.5. The number of benzene rings is 3. The Bertz CT molecular complexity index is 1720. The fraction of sp³-hybridized carbons (Fsp3) is 0.161. The van der Waals surface area contributed by atoms with Gasteiger partial charge in [-0.1, -0.05) is 54.6 Å². The molecule has 1 N–H and O–H groups in total. The van der Waals surface area contributed by atoms with Crippen LogP contribution in [0.25, 0.3) is 17.0 Å². The minimum Gasteiger partial charge on any atom is -0.478 e. The summed E-state index contributed by atoms with van der Waals surface area (Å²) in [6.07, 6.45) is 4.33. The van der Waals surface area contributed by atoms with E-state index in [4.69, 9.17) is 0 Å². The number of aromatic nitrogens is 1. The van der Waals surface area contributed by atoms with E-state index in [1.807, 2.05) is 59.3 Å².